The van der Waals surface area contributed by atoms with Gasteiger partial charge < -0.3 is 29.5 Å². The lowest BCUT2D eigenvalue weighted by Gasteiger charge is -2.19. The van der Waals surface area contributed by atoms with Crippen LogP contribution >= 0.6 is 0 Å². The number of carboxylic acid groups (broad SMARTS) is 2. The standard InChI is InChI=1S/C13H16O10/c1-7(11(17)23-6-8-5-21-8)4-22-10(16)3-13(20,12(18)19)2-9(14)15/h4,8,20H,2-3,5-6H2,1H3,(H,14,15)(H,18,19). The molecule has 0 bridgehead atoms. The number of hydrogen-bond donors (Lipinski definition) is 3. The Kier molecular flexibility index (Phi) is 6.22. The molecule has 23 heavy (non-hydrogen) atoms. The van der Waals surface area contributed by atoms with Gasteiger partial charge in [-0.05, 0) is 6.92 Å². The summed E-state index contributed by atoms with van der Waals surface area (Å²) in [5.74, 6) is -5.44. The Labute approximate surface area is 130 Å². The fourth-order valence-corrected chi connectivity index (χ4v) is 1.39. The summed E-state index contributed by atoms with van der Waals surface area (Å²) in [6, 6.07) is 0. The zero-order chi connectivity index (χ0) is 17.6. The maximum Gasteiger partial charge on any atom is 0.336 e. The number of esters is 2. The van der Waals surface area contributed by atoms with Crippen LogP contribution in [0, 0.1) is 0 Å². The van der Waals surface area contributed by atoms with Gasteiger partial charge in [-0.15, -0.1) is 0 Å². The molecule has 0 aromatic rings. The third kappa shape index (κ3) is 6.45. The number of carboxylic acids is 2. The Morgan fingerprint density at radius 1 is 1.26 bits per heavy atom. The molecule has 0 spiro atoms. The molecule has 0 aliphatic carbocycles. The molecule has 1 saturated heterocycles. The van der Waals surface area contributed by atoms with E-state index in [0.29, 0.717) is 6.61 Å². The highest BCUT2D eigenvalue weighted by atomic mass is 16.6. The molecule has 2 unspecified atom stereocenters. The van der Waals surface area contributed by atoms with Crippen LogP contribution < -0.4 is 0 Å². The molecule has 1 heterocycles. The lowest BCUT2D eigenvalue weighted by Crippen LogP contribution is -2.42. The van der Waals surface area contributed by atoms with Gasteiger partial charge in [0.15, 0.2) is 5.60 Å². The third-order valence-corrected chi connectivity index (χ3v) is 2.77. The van der Waals surface area contributed by atoms with Crippen molar-refractivity contribution in [3.8, 4) is 0 Å². The summed E-state index contributed by atoms with van der Waals surface area (Å²) in [6.07, 6.45) is -1.66. The normalized spacial score (nSPS) is 19.4. The van der Waals surface area contributed by atoms with Crippen molar-refractivity contribution in [2.24, 2.45) is 0 Å². The van der Waals surface area contributed by atoms with E-state index in [1.165, 1.54) is 6.92 Å². The fraction of sp³-hybridized carbons (Fsp3) is 0.538. The molecule has 10 heteroatoms. The number of carbonyl (C=O) groups is 4. The lowest BCUT2D eigenvalue weighted by molar-refractivity contribution is -0.170. The van der Waals surface area contributed by atoms with Crippen LogP contribution in [0.4, 0.5) is 0 Å². The maximum atomic E-state index is 11.5. The predicted octanol–water partition coefficient (Wildman–Crippen LogP) is -0.944. The summed E-state index contributed by atoms with van der Waals surface area (Å²) >= 11 is 0. The van der Waals surface area contributed by atoms with E-state index in [4.69, 9.17) is 19.7 Å². The van der Waals surface area contributed by atoms with E-state index in [9.17, 15) is 24.3 Å². The second-order valence-electron chi connectivity index (χ2n) is 4.93. The third-order valence-electron chi connectivity index (χ3n) is 2.77. The van der Waals surface area contributed by atoms with E-state index in [1.807, 2.05) is 0 Å². The highest BCUT2D eigenvalue weighted by molar-refractivity contribution is 5.90. The lowest BCUT2D eigenvalue weighted by atomic mass is 9.96. The van der Waals surface area contributed by atoms with Crippen LogP contribution in [0.5, 0.6) is 0 Å². The number of aliphatic carboxylic acids is 2. The molecule has 1 aliphatic rings. The van der Waals surface area contributed by atoms with Gasteiger partial charge in [0.2, 0.25) is 0 Å². The van der Waals surface area contributed by atoms with Crippen LogP contribution in [0.3, 0.4) is 0 Å². The van der Waals surface area contributed by atoms with Gasteiger partial charge in [-0.1, -0.05) is 0 Å². The van der Waals surface area contributed by atoms with Gasteiger partial charge in [-0.3, -0.25) is 9.59 Å². The van der Waals surface area contributed by atoms with Crippen LogP contribution in [-0.2, 0) is 33.4 Å². The van der Waals surface area contributed by atoms with E-state index in [0.717, 1.165) is 6.26 Å². The Balaban J connectivity index is 2.52. The number of aliphatic hydroxyl groups is 1. The van der Waals surface area contributed by atoms with Crippen molar-refractivity contribution in [3.63, 3.8) is 0 Å². The Morgan fingerprint density at radius 3 is 2.35 bits per heavy atom. The van der Waals surface area contributed by atoms with Gasteiger partial charge >= 0.3 is 23.9 Å². The van der Waals surface area contributed by atoms with Gasteiger partial charge in [-0.25, -0.2) is 9.59 Å². The Hall–Kier alpha value is -2.46. The van der Waals surface area contributed by atoms with Crippen LogP contribution in [0.2, 0.25) is 0 Å². The van der Waals surface area contributed by atoms with Crippen molar-refractivity contribution in [2.75, 3.05) is 13.2 Å². The summed E-state index contributed by atoms with van der Waals surface area (Å²) in [7, 11) is 0. The molecule has 0 aromatic carbocycles. The van der Waals surface area contributed by atoms with E-state index >= 15 is 0 Å². The number of carbonyl (C=O) groups excluding carboxylic acids is 2. The van der Waals surface area contributed by atoms with Crippen LogP contribution in [-0.4, -0.2) is 64.1 Å². The Bertz CT molecular complexity index is 533. The van der Waals surface area contributed by atoms with Crippen molar-refractivity contribution < 1.29 is 48.7 Å². The number of rotatable bonds is 9. The zero-order valence-corrected chi connectivity index (χ0v) is 12.2. The molecule has 10 nitrogen and oxygen atoms in total. The molecule has 3 N–H and O–H groups in total. The smallest absolute Gasteiger partial charge is 0.336 e. The topological polar surface area (TPSA) is 160 Å². The van der Waals surface area contributed by atoms with E-state index < -0.39 is 42.3 Å². The summed E-state index contributed by atoms with van der Waals surface area (Å²) in [4.78, 5) is 44.4. The monoisotopic (exact) mass is 332 g/mol. The molecule has 1 rings (SSSR count). The predicted molar refractivity (Wildman–Crippen MR) is 70.0 cm³/mol. The molecule has 128 valence electrons. The molecule has 0 saturated carbocycles. The van der Waals surface area contributed by atoms with Crippen LogP contribution in [0.15, 0.2) is 11.8 Å². The van der Waals surface area contributed by atoms with Crippen molar-refractivity contribution in [1.29, 1.82) is 0 Å². The number of hydrogen-bond acceptors (Lipinski definition) is 8. The summed E-state index contributed by atoms with van der Waals surface area (Å²) < 4.78 is 14.2. The second kappa shape index (κ2) is 7.70. The van der Waals surface area contributed by atoms with E-state index in [-0.39, 0.29) is 18.3 Å². The Morgan fingerprint density at radius 2 is 1.87 bits per heavy atom. The first-order chi connectivity index (χ1) is 10.6. The first kappa shape index (κ1) is 18.6. The number of ether oxygens (including phenoxy) is 3. The minimum Gasteiger partial charge on any atom is -0.481 e. The van der Waals surface area contributed by atoms with Gasteiger partial charge in [-0.2, -0.15) is 0 Å². The molecule has 0 radical (unpaired) electrons. The average Bonchev–Trinajstić information content (AvgIpc) is 3.25. The molecule has 1 fully saturated rings. The van der Waals surface area contributed by atoms with Crippen molar-refractivity contribution in [3.05, 3.63) is 11.8 Å². The summed E-state index contributed by atoms with van der Waals surface area (Å²) in [6.45, 7) is 1.86. The van der Waals surface area contributed by atoms with Crippen molar-refractivity contribution in [2.45, 2.75) is 31.5 Å². The first-order valence-corrected chi connectivity index (χ1v) is 6.46. The summed E-state index contributed by atoms with van der Waals surface area (Å²) in [5, 5.41) is 27.0. The zero-order valence-electron chi connectivity index (χ0n) is 12.2. The van der Waals surface area contributed by atoms with Gasteiger partial charge in [0, 0.05) is 0 Å². The van der Waals surface area contributed by atoms with E-state index in [1.54, 1.807) is 0 Å². The quantitative estimate of drug-likeness (QED) is 0.208. The van der Waals surface area contributed by atoms with Gasteiger partial charge in [0.05, 0.1) is 25.0 Å². The van der Waals surface area contributed by atoms with Gasteiger partial charge in [0.25, 0.3) is 0 Å². The molecular weight excluding hydrogens is 316 g/mol. The SMILES string of the molecule is CC(=COC(=O)CC(O)(CC(=O)O)C(=O)O)C(=O)OCC1CO1. The van der Waals surface area contributed by atoms with Crippen molar-refractivity contribution >= 4 is 23.9 Å². The highest BCUT2D eigenvalue weighted by Gasteiger charge is 2.41. The van der Waals surface area contributed by atoms with Crippen LogP contribution in [0.1, 0.15) is 19.8 Å². The van der Waals surface area contributed by atoms with Crippen molar-refractivity contribution in [1.82, 2.24) is 0 Å². The first-order valence-electron chi connectivity index (χ1n) is 6.46. The summed E-state index contributed by atoms with van der Waals surface area (Å²) in [5.41, 5.74) is -2.87. The molecular formula is C13H16O10. The molecule has 1 aliphatic heterocycles. The molecule has 2 atom stereocenters. The maximum absolute atomic E-state index is 11.5. The molecule has 0 aromatic heterocycles. The fourth-order valence-electron chi connectivity index (χ4n) is 1.39. The van der Waals surface area contributed by atoms with Crippen LogP contribution in [0.25, 0.3) is 0 Å². The highest BCUT2D eigenvalue weighted by Crippen LogP contribution is 2.17. The minimum atomic E-state index is -2.80. The second-order valence-corrected chi connectivity index (χ2v) is 4.93. The van der Waals surface area contributed by atoms with Gasteiger partial charge in [0.1, 0.15) is 19.0 Å². The minimum absolute atomic E-state index is 0.0648. The largest absolute Gasteiger partial charge is 0.481 e. The average molecular weight is 332 g/mol. The van der Waals surface area contributed by atoms with E-state index in [2.05, 4.69) is 4.74 Å². The number of epoxide rings is 1. The molecule has 0 amide bonds.